The third-order valence-electron chi connectivity index (χ3n) is 5.49. The van der Waals surface area contributed by atoms with Crippen LogP contribution in [0.4, 0.5) is 5.82 Å². The molecule has 6 heteroatoms. The van der Waals surface area contributed by atoms with E-state index in [0.717, 1.165) is 48.9 Å². The summed E-state index contributed by atoms with van der Waals surface area (Å²) < 4.78 is 5.18. The van der Waals surface area contributed by atoms with Crippen LogP contribution in [0, 0.1) is 11.8 Å². The number of hydrogen-bond donors (Lipinski definition) is 0. The number of esters is 1. The second-order valence-corrected chi connectivity index (χ2v) is 8.33. The van der Waals surface area contributed by atoms with Gasteiger partial charge in [0.25, 0.3) is 0 Å². The second-order valence-electron chi connectivity index (χ2n) is 7.24. The number of carbonyl (C=O) groups excluding carboxylic acids is 1. The molecule has 4 rings (SSSR count). The topological polar surface area (TPSA) is 55.3 Å². The third kappa shape index (κ3) is 3.12. The molecule has 25 heavy (non-hydrogen) atoms. The molecule has 1 aliphatic heterocycles. The second kappa shape index (κ2) is 6.90. The van der Waals surface area contributed by atoms with Crippen LogP contribution in [0.5, 0.6) is 0 Å². The lowest BCUT2D eigenvalue weighted by Crippen LogP contribution is -2.37. The maximum Gasteiger partial charge on any atom is 0.309 e. The van der Waals surface area contributed by atoms with E-state index in [9.17, 15) is 4.79 Å². The number of aromatic nitrogens is 2. The Morgan fingerprint density at radius 1 is 1.32 bits per heavy atom. The van der Waals surface area contributed by atoms with Gasteiger partial charge in [0, 0.05) is 18.0 Å². The highest BCUT2D eigenvalue weighted by Crippen LogP contribution is 2.41. The van der Waals surface area contributed by atoms with Crippen LogP contribution in [0.3, 0.4) is 0 Å². The van der Waals surface area contributed by atoms with E-state index in [2.05, 4.69) is 21.8 Å². The zero-order valence-electron chi connectivity index (χ0n) is 15.0. The molecular formula is C19H25N3O2S. The minimum atomic E-state index is -0.0446. The number of nitrogens with zero attached hydrogens (tertiary/aromatic N) is 3. The Balaban J connectivity index is 1.59. The molecule has 0 saturated carbocycles. The van der Waals surface area contributed by atoms with Crippen molar-refractivity contribution in [3.8, 4) is 0 Å². The van der Waals surface area contributed by atoms with E-state index in [0.29, 0.717) is 6.61 Å². The van der Waals surface area contributed by atoms with Crippen molar-refractivity contribution in [3.63, 3.8) is 0 Å². The molecule has 0 spiro atoms. The van der Waals surface area contributed by atoms with Crippen molar-refractivity contribution in [1.82, 2.24) is 9.97 Å². The van der Waals surface area contributed by atoms with Crippen LogP contribution in [0.1, 0.15) is 43.6 Å². The zero-order chi connectivity index (χ0) is 17.4. The van der Waals surface area contributed by atoms with Gasteiger partial charge in [0.15, 0.2) is 0 Å². The quantitative estimate of drug-likeness (QED) is 0.784. The average molecular weight is 359 g/mol. The number of ether oxygens (including phenoxy) is 1. The summed E-state index contributed by atoms with van der Waals surface area (Å²) in [5, 5.41) is 1.27. The van der Waals surface area contributed by atoms with Gasteiger partial charge in [-0.05, 0) is 50.5 Å². The monoisotopic (exact) mass is 359 g/mol. The van der Waals surface area contributed by atoms with Gasteiger partial charge in [0.1, 0.15) is 17.0 Å². The molecule has 2 aliphatic rings. The molecule has 1 aliphatic carbocycles. The maximum absolute atomic E-state index is 12.0. The van der Waals surface area contributed by atoms with Crippen molar-refractivity contribution in [2.75, 3.05) is 24.6 Å². The van der Waals surface area contributed by atoms with E-state index < -0.39 is 0 Å². The normalized spacial score (nSPS) is 21.4. The predicted molar refractivity (Wildman–Crippen MR) is 100 cm³/mol. The summed E-state index contributed by atoms with van der Waals surface area (Å²) in [7, 11) is 0. The fourth-order valence-electron chi connectivity index (χ4n) is 4.09. The van der Waals surface area contributed by atoms with Crippen molar-refractivity contribution in [3.05, 3.63) is 16.8 Å². The van der Waals surface area contributed by atoms with Gasteiger partial charge in [-0.3, -0.25) is 4.79 Å². The van der Waals surface area contributed by atoms with Crippen molar-refractivity contribution in [2.45, 2.75) is 46.0 Å². The van der Waals surface area contributed by atoms with Gasteiger partial charge < -0.3 is 9.64 Å². The first-order valence-electron chi connectivity index (χ1n) is 9.34. The third-order valence-corrected chi connectivity index (χ3v) is 6.65. The van der Waals surface area contributed by atoms with Gasteiger partial charge in [-0.1, -0.05) is 6.92 Å². The fourth-order valence-corrected chi connectivity index (χ4v) is 5.43. The first-order valence-corrected chi connectivity index (χ1v) is 10.2. The van der Waals surface area contributed by atoms with Gasteiger partial charge >= 0.3 is 5.97 Å². The summed E-state index contributed by atoms with van der Waals surface area (Å²) in [4.78, 5) is 26.1. The van der Waals surface area contributed by atoms with Gasteiger partial charge in [0.2, 0.25) is 0 Å². The van der Waals surface area contributed by atoms with Gasteiger partial charge in [-0.25, -0.2) is 9.97 Å². The highest BCUT2D eigenvalue weighted by Gasteiger charge is 2.29. The lowest BCUT2D eigenvalue weighted by atomic mass is 9.89. The molecule has 0 N–H and O–H groups in total. The van der Waals surface area contributed by atoms with E-state index in [1.807, 2.05) is 18.3 Å². The Bertz CT molecular complexity index is 780. The highest BCUT2D eigenvalue weighted by molar-refractivity contribution is 7.19. The standard InChI is InChI=1S/C19H25N3O2S/c1-3-24-19(23)13-6-8-22(9-7-13)17-16-14-5-4-12(2)10-15(14)25-18(16)21-11-20-17/h11-13H,3-10H2,1-2H3/t12-/m1/s1. The molecule has 2 aromatic heterocycles. The first kappa shape index (κ1) is 16.8. The number of fused-ring (bicyclic) bond motifs is 3. The molecule has 1 fully saturated rings. The molecule has 1 atom stereocenters. The number of piperidine rings is 1. The summed E-state index contributed by atoms with van der Waals surface area (Å²) >= 11 is 1.84. The summed E-state index contributed by atoms with van der Waals surface area (Å²) in [6.07, 6.45) is 6.93. The molecule has 0 unspecified atom stereocenters. The Morgan fingerprint density at radius 2 is 2.12 bits per heavy atom. The van der Waals surface area contributed by atoms with E-state index in [1.54, 1.807) is 6.33 Å². The van der Waals surface area contributed by atoms with Crippen LogP contribution in [0.2, 0.25) is 0 Å². The van der Waals surface area contributed by atoms with Crippen molar-refractivity contribution < 1.29 is 9.53 Å². The van der Waals surface area contributed by atoms with E-state index >= 15 is 0 Å². The molecule has 0 bridgehead atoms. The van der Waals surface area contributed by atoms with Gasteiger partial charge in [-0.15, -0.1) is 11.3 Å². The summed E-state index contributed by atoms with van der Waals surface area (Å²) in [5.41, 5.74) is 1.47. The molecule has 5 nitrogen and oxygen atoms in total. The number of thiophene rings is 1. The van der Waals surface area contributed by atoms with Crippen molar-refractivity contribution in [2.24, 2.45) is 11.8 Å². The minimum Gasteiger partial charge on any atom is -0.466 e. The van der Waals surface area contributed by atoms with Crippen LogP contribution in [0.15, 0.2) is 6.33 Å². The first-order chi connectivity index (χ1) is 12.2. The lowest BCUT2D eigenvalue weighted by Gasteiger charge is -2.32. The van der Waals surface area contributed by atoms with Crippen LogP contribution >= 0.6 is 11.3 Å². The SMILES string of the molecule is CCOC(=O)C1CCN(c2ncnc3sc4c(c23)CC[C@@H](C)C4)CC1. The largest absolute Gasteiger partial charge is 0.466 e. The number of hydrogen-bond acceptors (Lipinski definition) is 6. The van der Waals surface area contributed by atoms with Crippen LogP contribution in [-0.4, -0.2) is 35.6 Å². The molecular weight excluding hydrogens is 334 g/mol. The summed E-state index contributed by atoms with van der Waals surface area (Å²) in [6, 6.07) is 0. The molecule has 0 aromatic carbocycles. The van der Waals surface area contributed by atoms with E-state index in [4.69, 9.17) is 4.74 Å². The average Bonchev–Trinajstić information content (AvgIpc) is 2.99. The van der Waals surface area contributed by atoms with E-state index in [1.165, 1.54) is 28.7 Å². The molecule has 0 radical (unpaired) electrons. The molecule has 3 heterocycles. The Kier molecular flexibility index (Phi) is 4.63. The predicted octanol–water partition coefficient (Wildman–Crippen LogP) is 3.60. The van der Waals surface area contributed by atoms with Crippen LogP contribution < -0.4 is 4.90 Å². The lowest BCUT2D eigenvalue weighted by molar-refractivity contribution is -0.148. The maximum atomic E-state index is 12.0. The van der Waals surface area contributed by atoms with Crippen LogP contribution in [-0.2, 0) is 22.4 Å². The fraction of sp³-hybridized carbons (Fsp3) is 0.632. The minimum absolute atomic E-state index is 0.0331. The smallest absolute Gasteiger partial charge is 0.309 e. The Morgan fingerprint density at radius 3 is 2.88 bits per heavy atom. The number of aryl methyl sites for hydroxylation is 1. The van der Waals surface area contributed by atoms with E-state index in [-0.39, 0.29) is 11.9 Å². The number of anilines is 1. The summed E-state index contributed by atoms with van der Waals surface area (Å²) in [6.45, 7) is 6.38. The van der Waals surface area contributed by atoms with Gasteiger partial charge in [0.05, 0.1) is 17.9 Å². The molecule has 1 saturated heterocycles. The van der Waals surface area contributed by atoms with Crippen molar-refractivity contribution in [1.29, 1.82) is 0 Å². The van der Waals surface area contributed by atoms with Gasteiger partial charge in [-0.2, -0.15) is 0 Å². The van der Waals surface area contributed by atoms with Crippen LogP contribution in [0.25, 0.3) is 10.2 Å². The van der Waals surface area contributed by atoms with Crippen molar-refractivity contribution >= 4 is 33.3 Å². The zero-order valence-corrected chi connectivity index (χ0v) is 15.8. The Labute approximate surface area is 152 Å². The Hall–Kier alpha value is -1.69. The summed E-state index contributed by atoms with van der Waals surface area (Å²) in [5.74, 6) is 1.82. The molecule has 134 valence electrons. The number of rotatable bonds is 3. The molecule has 2 aromatic rings. The molecule has 0 amide bonds. The highest BCUT2D eigenvalue weighted by atomic mass is 32.1. The number of carbonyl (C=O) groups is 1.